The Morgan fingerprint density at radius 2 is 1.69 bits per heavy atom. The summed E-state index contributed by atoms with van der Waals surface area (Å²) >= 11 is 0. The van der Waals surface area contributed by atoms with Gasteiger partial charge in [0.1, 0.15) is 6.04 Å². The molecule has 2 fully saturated rings. The van der Waals surface area contributed by atoms with E-state index in [4.69, 9.17) is 0 Å². The number of carbonyl (C=O) groups is 3. The molecule has 0 aromatic heterocycles. The van der Waals surface area contributed by atoms with Crippen LogP contribution in [0.15, 0.2) is 48.5 Å². The molecular weight excluding hydrogens is 440 g/mol. The Balaban J connectivity index is 1.32. The largest absolute Gasteiger partial charge is 0.370 e. The van der Waals surface area contributed by atoms with Crippen LogP contribution in [0.25, 0.3) is 0 Å². The van der Waals surface area contributed by atoms with Gasteiger partial charge in [0.2, 0.25) is 11.8 Å². The molecule has 1 N–H and O–H groups in total. The fourth-order valence-electron chi connectivity index (χ4n) is 6.02. The lowest BCUT2D eigenvalue weighted by atomic mass is 9.87. The molecule has 1 saturated heterocycles. The van der Waals surface area contributed by atoms with E-state index in [9.17, 15) is 14.4 Å². The molecule has 1 aliphatic carbocycles. The summed E-state index contributed by atoms with van der Waals surface area (Å²) in [5.41, 5.74) is 4.04. The molecule has 2 aromatic rings. The molecular formula is C28H34N4O3. The number of amides is 3. The molecule has 0 radical (unpaired) electrons. The molecule has 7 heteroatoms. The molecule has 184 valence electrons. The first kappa shape index (κ1) is 23.5. The molecule has 3 amide bonds. The Morgan fingerprint density at radius 1 is 0.943 bits per heavy atom. The minimum absolute atomic E-state index is 0.123. The van der Waals surface area contributed by atoms with Crippen LogP contribution in [-0.2, 0) is 22.7 Å². The number of rotatable bonds is 6. The Labute approximate surface area is 207 Å². The van der Waals surface area contributed by atoms with Crippen LogP contribution in [0.2, 0.25) is 0 Å². The third kappa shape index (κ3) is 4.69. The highest BCUT2D eigenvalue weighted by Crippen LogP contribution is 2.34. The van der Waals surface area contributed by atoms with E-state index < -0.39 is 6.04 Å². The summed E-state index contributed by atoms with van der Waals surface area (Å²) in [5, 5.41) is 2.37. The maximum absolute atomic E-state index is 13.1. The number of nitrogens with zero attached hydrogens (tertiary/aromatic N) is 3. The molecule has 1 saturated carbocycles. The smallest absolute Gasteiger partial charge is 0.255 e. The number of hydrogen-bond donors (Lipinski definition) is 1. The zero-order valence-corrected chi connectivity index (χ0v) is 20.6. The molecule has 2 heterocycles. The van der Waals surface area contributed by atoms with Crippen molar-refractivity contribution in [1.82, 2.24) is 15.1 Å². The number of carbonyl (C=O) groups excluding carboxylic acids is 3. The van der Waals surface area contributed by atoms with E-state index in [2.05, 4.69) is 65.6 Å². The number of imide groups is 1. The third-order valence-electron chi connectivity index (χ3n) is 7.95. The Kier molecular flexibility index (Phi) is 6.60. The predicted molar refractivity (Wildman–Crippen MR) is 135 cm³/mol. The molecule has 3 aliphatic rings. The lowest BCUT2D eigenvalue weighted by Crippen LogP contribution is -2.52. The Morgan fingerprint density at radius 3 is 2.43 bits per heavy atom. The van der Waals surface area contributed by atoms with Crippen molar-refractivity contribution in [2.24, 2.45) is 0 Å². The van der Waals surface area contributed by atoms with Gasteiger partial charge in [-0.3, -0.25) is 24.6 Å². The second-order valence-corrected chi connectivity index (χ2v) is 10.2. The van der Waals surface area contributed by atoms with Crippen LogP contribution in [0.4, 0.5) is 5.69 Å². The highest BCUT2D eigenvalue weighted by molar-refractivity contribution is 6.05. The monoisotopic (exact) mass is 474 g/mol. The zero-order valence-electron chi connectivity index (χ0n) is 20.6. The van der Waals surface area contributed by atoms with E-state index in [0.717, 1.165) is 24.2 Å². The number of benzene rings is 2. The van der Waals surface area contributed by atoms with Crippen molar-refractivity contribution in [3.63, 3.8) is 0 Å². The fraction of sp³-hybridized carbons (Fsp3) is 0.464. The van der Waals surface area contributed by atoms with Gasteiger partial charge in [-0.2, -0.15) is 0 Å². The lowest BCUT2D eigenvalue weighted by molar-refractivity contribution is -0.136. The average Bonchev–Trinajstić information content (AvgIpc) is 3.19. The SMILES string of the molecule is CN(Cc1ccccc1)[C@H]1CCCC[C@@H]1N(C)c1ccc2c(c1)CN(C1CCC(=O)NC1=O)C2=O. The molecule has 3 atom stereocenters. The first-order valence-electron chi connectivity index (χ1n) is 12.7. The first-order valence-corrected chi connectivity index (χ1v) is 12.7. The van der Waals surface area contributed by atoms with Gasteiger partial charge in [0.25, 0.3) is 5.91 Å². The van der Waals surface area contributed by atoms with Crippen molar-refractivity contribution < 1.29 is 14.4 Å². The molecule has 0 bridgehead atoms. The van der Waals surface area contributed by atoms with Gasteiger partial charge in [-0.15, -0.1) is 0 Å². The van der Waals surface area contributed by atoms with Crippen LogP contribution in [0, 0.1) is 0 Å². The minimum atomic E-state index is -0.580. The van der Waals surface area contributed by atoms with Crippen LogP contribution < -0.4 is 10.2 Å². The fourth-order valence-corrected chi connectivity index (χ4v) is 6.02. The van der Waals surface area contributed by atoms with E-state index in [0.29, 0.717) is 30.6 Å². The average molecular weight is 475 g/mol. The Hall–Kier alpha value is -3.19. The minimum Gasteiger partial charge on any atom is -0.370 e. The van der Waals surface area contributed by atoms with Gasteiger partial charge < -0.3 is 9.80 Å². The van der Waals surface area contributed by atoms with Crippen LogP contribution in [0.1, 0.15) is 60.0 Å². The molecule has 2 aromatic carbocycles. The predicted octanol–water partition coefficient (Wildman–Crippen LogP) is 3.33. The molecule has 7 nitrogen and oxygen atoms in total. The summed E-state index contributed by atoms with van der Waals surface area (Å²) in [4.78, 5) is 43.4. The van der Waals surface area contributed by atoms with Gasteiger partial charge >= 0.3 is 0 Å². The Bertz CT molecular complexity index is 1120. The van der Waals surface area contributed by atoms with E-state index in [-0.39, 0.29) is 24.1 Å². The van der Waals surface area contributed by atoms with Gasteiger partial charge in [0.15, 0.2) is 0 Å². The van der Waals surface area contributed by atoms with Crippen LogP contribution in [-0.4, -0.2) is 59.7 Å². The number of likely N-dealkylation sites (N-methyl/N-ethyl adjacent to an activating group) is 2. The number of piperidine rings is 1. The number of nitrogens with one attached hydrogen (secondary N) is 1. The summed E-state index contributed by atoms with van der Waals surface area (Å²) in [7, 11) is 4.39. The van der Waals surface area contributed by atoms with Crippen molar-refractivity contribution in [1.29, 1.82) is 0 Å². The van der Waals surface area contributed by atoms with Crippen molar-refractivity contribution in [2.45, 2.75) is 69.7 Å². The summed E-state index contributed by atoms with van der Waals surface area (Å²) in [6, 6.07) is 16.9. The molecule has 1 unspecified atom stereocenters. The highest BCUT2D eigenvalue weighted by atomic mass is 16.2. The number of anilines is 1. The number of hydrogen-bond acceptors (Lipinski definition) is 5. The molecule has 2 aliphatic heterocycles. The quantitative estimate of drug-likeness (QED) is 0.651. The van der Waals surface area contributed by atoms with Gasteiger partial charge in [0.05, 0.1) is 0 Å². The maximum Gasteiger partial charge on any atom is 0.255 e. The lowest BCUT2D eigenvalue weighted by Gasteiger charge is -2.43. The van der Waals surface area contributed by atoms with Gasteiger partial charge in [-0.25, -0.2) is 0 Å². The molecule has 0 spiro atoms. The summed E-state index contributed by atoms with van der Waals surface area (Å²) in [5.74, 6) is -0.758. The van der Waals surface area contributed by atoms with Gasteiger partial charge in [0, 0.05) is 49.9 Å². The second-order valence-electron chi connectivity index (χ2n) is 10.2. The maximum atomic E-state index is 13.1. The van der Waals surface area contributed by atoms with Crippen LogP contribution >= 0.6 is 0 Å². The van der Waals surface area contributed by atoms with Crippen molar-refractivity contribution in [3.8, 4) is 0 Å². The standard InChI is InChI=1S/C28H34N4O3/c1-30(17-19-8-4-3-5-9-19)23-10-6-7-11-24(23)31(2)21-12-13-22-20(16-21)18-32(28(22)35)25-14-15-26(33)29-27(25)34/h3-5,8-9,12-13,16,23-25H,6-7,10-11,14-15,17-18H2,1-2H3,(H,29,33,34)/t23-,24-,25?/m0/s1. The van der Waals surface area contributed by atoms with Crippen LogP contribution in [0.5, 0.6) is 0 Å². The summed E-state index contributed by atoms with van der Waals surface area (Å²) in [6.07, 6.45) is 5.42. The molecule has 5 rings (SSSR count). The van der Waals surface area contributed by atoms with E-state index in [1.807, 2.05) is 12.1 Å². The topological polar surface area (TPSA) is 73.0 Å². The van der Waals surface area contributed by atoms with Crippen molar-refractivity contribution in [2.75, 3.05) is 19.0 Å². The van der Waals surface area contributed by atoms with E-state index in [1.54, 1.807) is 4.90 Å². The number of fused-ring (bicyclic) bond motifs is 1. The summed E-state index contributed by atoms with van der Waals surface area (Å²) in [6.45, 7) is 1.33. The highest BCUT2D eigenvalue weighted by Gasteiger charge is 2.39. The van der Waals surface area contributed by atoms with Crippen LogP contribution in [0.3, 0.4) is 0 Å². The second kappa shape index (κ2) is 9.82. The van der Waals surface area contributed by atoms with Gasteiger partial charge in [-0.05, 0) is 55.6 Å². The van der Waals surface area contributed by atoms with Gasteiger partial charge in [-0.1, -0.05) is 43.2 Å². The normalized spacial score (nSPS) is 24.5. The van der Waals surface area contributed by atoms with Crippen molar-refractivity contribution in [3.05, 3.63) is 65.2 Å². The van der Waals surface area contributed by atoms with E-state index >= 15 is 0 Å². The van der Waals surface area contributed by atoms with E-state index in [1.165, 1.54) is 24.8 Å². The summed E-state index contributed by atoms with van der Waals surface area (Å²) < 4.78 is 0. The third-order valence-corrected chi connectivity index (χ3v) is 7.95. The molecule has 35 heavy (non-hydrogen) atoms. The zero-order chi connectivity index (χ0) is 24.5. The first-order chi connectivity index (χ1) is 16.9. The van der Waals surface area contributed by atoms with Crippen molar-refractivity contribution >= 4 is 23.4 Å².